The number of imidazole rings is 1. The van der Waals surface area contributed by atoms with Crippen LogP contribution in [0.1, 0.15) is 67.5 Å². The van der Waals surface area contributed by atoms with Gasteiger partial charge in [0.2, 0.25) is 5.71 Å². The van der Waals surface area contributed by atoms with Crippen molar-refractivity contribution in [1.29, 1.82) is 0 Å². The van der Waals surface area contributed by atoms with Crippen LogP contribution in [0.3, 0.4) is 0 Å². The van der Waals surface area contributed by atoms with Gasteiger partial charge in [-0.25, -0.2) is 4.98 Å². The molecule has 0 aliphatic rings. The Bertz CT molecular complexity index is 3290. The first-order valence-corrected chi connectivity index (χ1v) is 26.2. The van der Waals surface area contributed by atoms with Gasteiger partial charge >= 0.3 is 0 Å². The summed E-state index contributed by atoms with van der Waals surface area (Å²) >= 11 is 0. The molecule has 7 heteroatoms. The van der Waals surface area contributed by atoms with E-state index in [0.717, 1.165) is 55.7 Å². The molecule has 6 aromatic carbocycles. The molecule has 0 amide bonds. The van der Waals surface area contributed by atoms with Crippen molar-refractivity contribution in [3.63, 3.8) is 0 Å². The largest absolute Gasteiger partial charge is 0.486 e. The van der Waals surface area contributed by atoms with E-state index in [1.807, 2.05) is 43.3 Å². The molecule has 0 aliphatic carbocycles. The third-order valence-electron chi connectivity index (χ3n) is 12.4. The summed E-state index contributed by atoms with van der Waals surface area (Å²) < 4.78 is 8.78. The van der Waals surface area contributed by atoms with Gasteiger partial charge in [-0.15, -0.1) is 54.1 Å². The molecule has 0 spiro atoms. The molecule has 0 N–H and O–H groups in total. The van der Waals surface area contributed by atoms with Crippen molar-refractivity contribution in [2.75, 3.05) is 0 Å². The van der Waals surface area contributed by atoms with Gasteiger partial charge < -0.3 is 14.0 Å². The van der Waals surface area contributed by atoms with Crippen molar-refractivity contribution >= 4 is 46.4 Å². The zero-order chi connectivity index (χ0) is 45.6. The molecule has 0 saturated heterocycles. The fourth-order valence-electron chi connectivity index (χ4n) is 9.12. The molecule has 0 fully saturated rings. The molecule has 10 aromatic rings. The maximum atomic E-state index is 6.44. The van der Waals surface area contributed by atoms with Crippen LogP contribution in [-0.2, 0) is 20.1 Å². The van der Waals surface area contributed by atoms with Crippen molar-refractivity contribution in [3.8, 4) is 50.6 Å². The summed E-state index contributed by atoms with van der Waals surface area (Å²) in [6.07, 6.45) is 2.10. The van der Waals surface area contributed by atoms with Gasteiger partial charge in [0, 0.05) is 43.1 Å². The molecule has 5 nitrogen and oxygen atoms in total. The fraction of sp³-hybridized carbons (Fsp3) is 0.203. The van der Waals surface area contributed by atoms with Gasteiger partial charge in [-0.1, -0.05) is 125 Å². The second-order valence-electron chi connectivity index (χ2n) is 18.8. The number of furan rings is 1. The van der Waals surface area contributed by atoms with Crippen LogP contribution in [0.4, 0.5) is 0 Å². The van der Waals surface area contributed by atoms with Crippen LogP contribution in [0.15, 0.2) is 150 Å². The number of para-hydroxylation sites is 2. The monoisotopic (exact) mass is 1060 g/mol. The van der Waals surface area contributed by atoms with Gasteiger partial charge in [0.05, 0.1) is 30.5 Å². The summed E-state index contributed by atoms with van der Waals surface area (Å²) in [5, 5.41) is 3.44. The first-order valence-electron chi connectivity index (χ1n) is 22.7. The number of hydrogen-bond donors (Lipinski definition) is 0. The molecular weight excluding hydrogens is 1000 g/mol. The zero-order valence-electron chi connectivity index (χ0n) is 39.5. The second kappa shape index (κ2) is 18.9. The van der Waals surface area contributed by atoms with Gasteiger partial charge in [-0.3, -0.25) is 4.98 Å². The van der Waals surface area contributed by atoms with E-state index in [0.29, 0.717) is 17.5 Å². The van der Waals surface area contributed by atoms with Crippen molar-refractivity contribution < 1.29 is 24.5 Å². The molecule has 0 atom stereocenters. The van der Waals surface area contributed by atoms with E-state index in [2.05, 4.69) is 192 Å². The molecule has 0 aliphatic heterocycles. The molecule has 0 bridgehead atoms. The Labute approximate surface area is 404 Å². The minimum absolute atomic E-state index is 0. The molecule has 333 valence electrons. The van der Waals surface area contributed by atoms with E-state index < -0.39 is 8.07 Å². The predicted molar refractivity (Wildman–Crippen MR) is 275 cm³/mol. The fourth-order valence-corrected chi connectivity index (χ4v) is 10.6. The van der Waals surface area contributed by atoms with Gasteiger partial charge in [0.15, 0.2) is 0 Å². The van der Waals surface area contributed by atoms with E-state index in [-0.39, 0.29) is 20.1 Å². The standard InChI is InChI=1S/C37H32N3O.C22H24NSi.Ir/c1-22(2)30-20-26(25-12-7-6-8-13-25)21-31(23(3)4)34(30)40-33-17-10-9-16-32(33)39-36(40)29-15-11-14-27-28-19-18-24(5)38-37(28)41-35(27)29;1-16-10-9-11-17(2)22(16)19-14-20(18-12-7-6-8-13-18)23-15-21(19)24(3,4)5;/h6-14,16-23H,1-5H3;6-12,14-15H,1-5H3;/q2*-1;. The molecule has 1 radical (unpaired) electrons. The molecule has 66 heavy (non-hydrogen) atoms. The second-order valence-corrected chi connectivity index (χ2v) is 23.9. The van der Waals surface area contributed by atoms with E-state index in [1.165, 1.54) is 55.4 Å². The van der Waals surface area contributed by atoms with E-state index in [1.54, 1.807) is 0 Å². The summed E-state index contributed by atoms with van der Waals surface area (Å²) in [4.78, 5) is 14.7. The first kappa shape index (κ1) is 46.3. The van der Waals surface area contributed by atoms with Crippen molar-refractivity contribution in [1.82, 2.24) is 19.5 Å². The van der Waals surface area contributed by atoms with Crippen molar-refractivity contribution in [2.24, 2.45) is 0 Å². The Hall–Kier alpha value is -6.24. The SMILES string of the molecule is Cc1ccc2c(n1)oc1c(-c3nc4ccccc4n3-c3c(C(C)C)cc(-c4ccccc4)cc3C(C)C)[c-]ccc12.Cc1cccc(C)c1-c1cc(-c2[c-]cccc2)ncc1[Si](C)(C)C.[Ir]. The summed E-state index contributed by atoms with van der Waals surface area (Å²) in [5.41, 5.74) is 18.8. The quantitative estimate of drug-likeness (QED) is 0.112. The molecular formula is C59H56IrN4OSi-2. The Kier molecular flexibility index (Phi) is 13.3. The van der Waals surface area contributed by atoms with Gasteiger partial charge in [-0.05, 0) is 124 Å². The third kappa shape index (κ3) is 8.88. The average Bonchev–Trinajstić information content (AvgIpc) is 3.87. The van der Waals surface area contributed by atoms with Crippen LogP contribution >= 0.6 is 0 Å². The number of pyridine rings is 2. The van der Waals surface area contributed by atoms with Gasteiger partial charge in [0.1, 0.15) is 0 Å². The molecule has 0 saturated carbocycles. The first-order chi connectivity index (χ1) is 31.3. The summed E-state index contributed by atoms with van der Waals surface area (Å²) in [6.45, 7) is 22.6. The van der Waals surface area contributed by atoms with Crippen molar-refractivity contribution in [3.05, 3.63) is 186 Å². The predicted octanol–water partition coefficient (Wildman–Crippen LogP) is 15.4. The topological polar surface area (TPSA) is 56.7 Å². The maximum Gasteiger partial charge on any atom is 0.216 e. The van der Waals surface area contributed by atoms with Crippen LogP contribution in [0, 0.1) is 32.9 Å². The van der Waals surface area contributed by atoms with Crippen LogP contribution in [0.2, 0.25) is 19.6 Å². The zero-order valence-corrected chi connectivity index (χ0v) is 42.9. The van der Waals surface area contributed by atoms with Crippen LogP contribution < -0.4 is 5.19 Å². The van der Waals surface area contributed by atoms with Gasteiger partial charge in [0.25, 0.3) is 0 Å². The maximum absolute atomic E-state index is 6.44. The smallest absolute Gasteiger partial charge is 0.216 e. The molecule has 0 unspecified atom stereocenters. The molecule has 10 rings (SSSR count). The normalized spacial score (nSPS) is 11.6. The number of rotatable bonds is 8. The van der Waals surface area contributed by atoms with E-state index >= 15 is 0 Å². The number of benzene rings is 6. The minimum atomic E-state index is -1.50. The summed E-state index contributed by atoms with van der Waals surface area (Å²) in [6, 6.07) is 55.6. The molecule has 4 heterocycles. The van der Waals surface area contributed by atoms with E-state index in [9.17, 15) is 0 Å². The number of aromatic nitrogens is 4. The van der Waals surface area contributed by atoms with Crippen LogP contribution in [0.25, 0.3) is 83.7 Å². The van der Waals surface area contributed by atoms with Crippen molar-refractivity contribution in [2.45, 2.75) is 79.9 Å². The average molecular weight is 1060 g/mol. The number of fused-ring (bicyclic) bond motifs is 4. The third-order valence-corrected chi connectivity index (χ3v) is 14.4. The number of hydrogen-bond acceptors (Lipinski definition) is 4. The minimum Gasteiger partial charge on any atom is -0.486 e. The van der Waals surface area contributed by atoms with Gasteiger partial charge in [-0.2, -0.15) is 0 Å². The van der Waals surface area contributed by atoms with Crippen LogP contribution in [-0.4, -0.2) is 27.6 Å². The summed E-state index contributed by atoms with van der Waals surface area (Å²) in [7, 11) is -1.50. The number of aryl methyl sites for hydroxylation is 3. The summed E-state index contributed by atoms with van der Waals surface area (Å²) in [5.74, 6) is 1.40. The Balaban J connectivity index is 0.000000203. The number of nitrogens with zero attached hydrogens (tertiary/aromatic N) is 4. The Morgan fingerprint density at radius 1 is 0.636 bits per heavy atom. The Morgan fingerprint density at radius 3 is 1.98 bits per heavy atom. The van der Waals surface area contributed by atoms with E-state index in [4.69, 9.17) is 14.4 Å². The van der Waals surface area contributed by atoms with Crippen LogP contribution in [0.5, 0.6) is 0 Å². The molecule has 4 aromatic heterocycles. The Morgan fingerprint density at radius 2 is 1.32 bits per heavy atom.